The Morgan fingerprint density at radius 3 is 1.60 bits per heavy atom. The molecule has 0 aromatic heterocycles. The molecule has 0 spiro atoms. The second-order valence-corrected chi connectivity index (χ2v) is 5.38. The molecule has 0 atom stereocenters. The maximum Gasteiger partial charge on any atom is 0.0151 e. The van der Waals surface area contributed by atoms with Gasteiger partial charge in [0.15, 0.2) is 0 Å². The van der Waals surface area contributed by atoms with Crippen LogP contribution < -0.4 is 0 Å². The summed E-state index contributed by atoms with van der Waals surface area (Å²) in [5.41, 5.74) is 0.451. The van der Waals surface area contributed by atoms with Crippen LogP contribution in [0.15, 0.2) is 0 Å². The molecule has 0 nitrogen and oxygen atoms in total. The van der Waals surface area contributed by atoms with Gasteiger partial charge in [0.2, 0.25) is 0 Å². The quantitative estimate of drug-likeness (QED) is 0.608. The van der Waals surface area contributed by atoms with Gasteiger partial charge in [0.1, 0.15) is 0 Å². The van der Waals surface area contributed by atoms with E-state index in [1.807, 2.05) is 11.8 Å². The third-order valence-electron chi connectivity index (χ3n) is 3.02. The molecule has 0 fully saturated rings. The molecule has 0 aromatic carbocycles. The Bertz CT molecular complexity index is 89.3. The summed E-state index contributed by atoms with van der Waals surface area (Å²) in [6, 6.07) is 0. The van der Waals surface area contributed by atoms with E-state index in [-0.39, 0.29) is 0 Å². The Labute approximate surface area is 69.8 Å². The van der Waals surface area contributed by atoms with Gasteiger partial charge in [-0.3, -0.25) is 0 Å². The average Bonchev–Trinajstić information content (AvgIpc) is 1.88. The summed E-state index contributed by atoms with van der Waals surface area (Å²) in [5.74, 6) is 0. The lowest BCUT2D eigenvalue weighted by Crippen LogP contribution is -2.34. The summed E-state index contributed by atoms with van der Waals surface area (Å²) in [6.07, 6.45) is 3.44. The molecule has 0 rings (SSSR count). The minimum Gasteiger partial charge on any atom is -0.159 e. The SMILES string of the molecule is CCC(C)(C)C(C)(C)SC. The molecule has 0 bridgehead atoms. The first-order chi connectivity index (χ1) is 4.37. The van der Waals surface area contributed by atoms with Crippen LogP contribution in [0.3, 0.4) is 0 Å². The molecule has 0 aromatic rings. The Kier molecular flexibility index (Phi) is 3.28. The Balaban J connectivity index is 4.28. The van der Waals surface area contributed by atoms with E-state index in [9.17, 15) is 0 Å². The fourth-order valence-electron chi connectivity index (χ4n) is 0.702. The van der Waals surface area contributed by atoms with Crippen molar-refractivity contribution in [2.24, 2.45) is 5.41 Å². The topological polar surface area (TPSA) is 0 Å². The van der Waals surface area contributed by atoms with Gasteiger partial charge >= 0.3 is 0 Å². The van der Waals surface area contributed by atoms with Gasteiger partial charge in [-0.05, 0) is 18.1 Å². The van der Waals surface area contributed by atoms with E-state index in [0.29, 0.717) is 10.2 Å². The Hall–Kier alpha value is 0.350. The van der Waals surface area contributed by atoms with E-state index >= 15 is 0 Å². The molecule has 0 N–H and O–H groups in total. The van der Waals surface area contributed by atoms with Gasteiger partial charge in [0, 0.05) is 4.75 Å². The van der Waals surface area contributed by atoms with Crippen molar-refractivity contribution in [1.29, 1.82) is 0 Å². The van der Waals surface area contributed by atoms with Crippen LogP contribution in [0.1, 0.15) is 41.0 Å². The Morgan fingerprint density at radius 1 is 1.10 bits per heavy atom. The largest absolute Gasteiger partial charge is 0.159 e. The normalized spacial score (nSPS) is 13.8. The summed E-state index contributed by atoms with van der Waals surface area (Å²) in [6.45, 7) is 11.6. The third-order valence-corrected chi connectivity index (χ3v) is 4.60. The molecule has 62 valence electrons. The fourth-order valence-corrected chi connectivity index (χ4v) is 1.40. The minimum atomic E-state index is 0.405. The van der Waals surface area contributed by atoms with E-state index in [1.165, 1.54) is 6.42 Å². The molecule has 0 heterocycles. The zero-order valence-corrected chi connectivity index (χ0v) is 8.93. The lowest BCUT2D eigenvalue weighted by molar-refractivity contribution is 0.273. The molecule has 1 heteroatoms. The maximum absolute atomic E-state index is 2.34. The van der Waals surface area contributed by atoms with Crippen LogP contribution in [0.25, 0.3) is 0 Å². The van der Waals surface area contributed by atoms with Gasteiger partial charge in [-0.1, -0.05) is 34.6 Å². The number of hydrogen-bond acceptors (Lipinski definition) is 1. The van der Waals surface area contributed by atoms with Crippen molar-refractivity contribution in [3.63, 3.8) is 0 Å². The van der Waals surface area contributed by atoms with Crippen molar-refractivity contribution in [3.8, 4) is 0 Å². The summed E-state index contributed by atoms with van der Waals surface area (Å²) < 4.78 is 0.405. The molecule has 0 saturated carbocycles. The van der Waals surface area contributed by atoms with Gasteiger partial charge in [0.05, 0.1) is 0 Å². The molecular weight excluding hydrogens is 140 g/mol. The molecule has 0 aliphatic carbocycles. The van der Waals surface area contributed by atoms with Crippen LogP contribution in [0, 0.1) is 5.41 Å². The first kappa shape index (κ1) is 10.3. The molecule has 0 unspecified atom stereocenters. The van der Waals surface area contributed by atoms with Crippen molar-refractivity contribution < 1.29 is 0 Å². The summed E-state index contributed by atoms with van der Waals surface area (Å²) in [4.78, 5) is 0. The lowest BCUT2D eigenvalue weighted by atomic mass is 9.78. The second kappa shape index (κ2) is 3.17. The number of thioether (sulfide) groups is 1. The molecule has 0 radical (unpaired) electrons. The van der Waals surface area contributed by atoms with E-state index in [2.05, 4.69) is 40.9 Å². The van der Waals surface area contributed by atoms with E-state index in [1.54, 1.807) is 0 Å². The standard InChI is InChI=1S/C9H20S/c1-7-8(2,3)9(4,5)10-6/h7H2,1-6H3. The average molecular weight is 160 g/mol. The predicted octanol–water partition coefficient (Wildman–Crippen LogP) is 3.56. The van der Waals surface area contributed by atoms with Crippen LogP contribution in [0.4, 0.5) is 0 Å². The smallest absolute Gasteiger partial charge is 0.0151 e. The molecule has 0 saturated heterocycles. The van der Waals surface area contributed by atoms with Crippen molar-refractivity contribution in [2.75, 3.05) is 6.26 Å². The van der Waals surface area contributed by atoms with Crippen LogP contribution in [0.5, 0.6) is 0 Å². The number of hydrogen-bond donors (Lipinski definition) is 0. The summed E-state index contributed by atoms with van der Waals surface area (Å²) >= 11 is 1.96. The van der Waals surface area contributed by atoms with E-state index < -0.39 is 0 Å². The minimum absolute atomic E-state index is 0.405. The van der Waals surface area contributed by atoms with Crippen molar-refractivity contribution in [1.82, 2.24) is 0 Å². The van der Waals surface area contributed by atoms with Crippen molar-refractivity contribution in [2.45, 2.75) is 45.8 Å². The zero-order valence-electron chi connectivity index (χ0n) is 8.12. The van der Waals surface area contributed by atoms with Gasteiger partial charge in [-0.2, -0.15) is 11.8 Å². The van der Waals surface area contributed by atoms with Gasteiger partial charge in [-0.15, -0.1) is 0 Å². The van der Waals surface area contributed by atoms with E-state index in [4.69, 9.17) is 0 Å². The molecule has 10 heavy (non-hydrogen) atoms. The fraction of sp³-hybridized carbons (Fsp3) is 1.00. The third kappa shape index (κ3) is 1.91. The highest BCUT2D eigenvalue weighted by Gasteiger charge is 2.34. The van der Waals surface area contributed by atoms with Gasteiger partial charge < -0.3 is 0 Å². The lowest BCUT2D eigenvalue weighted by Gasteiger charge is -2.39. The van der Waals surface area contributed by atoms with Crippen LogP contribution in [-0.4, -0.2) is 11.0 Å². The highest BCUT2D eigenvalue weighted by Crippen LogP contribution is 2.42. The van der Waals surface area contributed by atoms with Crippen LogP contribution in [0.2, 0.25) is 0 Å². The second-order valence-electron chi connectivity index (χ2n) is 3.95. The maximum atomic E-state index is 2.34. The van der Waals surface area contributed by atoms with Crippen molar-refractivity contribution in [3.05, 3.63) is 0 Å². The van der Waals surface area contributed by atoms with Crippen LogP contribution >= 0.6 is 11.8 Å². The summed E-state index contributed by atoms with van der Waals surface area (Å²) in [5, 5.41) is 0. The molecular formula is C9H20S. The molecule has 0 amide bonds. The van der Waals surface area contributed by atoms with E-state index in [0.717, 1.165) is 0 Å². The molecule has 0 aliphatic rings. The predicted molar refractivity (Wildman–Crippen MR) is 51.7 cm³/mol. The number of rotatable bonds is 3. The summed E-state index contributed by atoms with van der Waals surface area (Å²) in [7, 11) is 0. The van der Waals surface area contributed by atoms with Gasteiger partial charge in [0.25, 0.3) is 0 Å². The zero-order chi connectivity index (χ0) is 8.41. The van der Waals surface area contributed by atoms with Crippen LogP contribution in [-0.2, 0) is 0 Å². The van der Waals surface area contributed by atoms with Crippen molar-refractivity contribution >= 4 is 11.8 Å². The molecule has 0 aliphatic heterocycles. The first-order valence-electron chi connectivity index (χ1n) is 3.92. The Morgan fingerprint density at radius 2 is 1.50 bits per heavy atom. The highest BCUT2D eigenvalue weighted by atomic mass is 32.2. The highest BCUT2D eigenvalue weighted by molar-refractivity contribution is 7.99. The first-order valence-corrected chi connectivity index (χ1v) is 5.15. The van der Waals surface area contributed by atoms with Gasteiger partial charge in [-0.25, -0.2) is 0 Å². The monoisotopic (exact) mass is 160 g/mol.